The second kappa shape index (κ2) is 24.4. The molecule has 0 spiro atoms. The van der Waals surface area contributed by atoms with Gasteiger partial charge in [-0.1, -0.05) is 103 Å². The molecule has 4 aliphatic rings. The van der Waals surface area contributed by atoms with Crippen LogP contribution in [-0.2, 0) is 26.2 Å². The molecule has 0 aliphatic heterocycles. The molecule has 0 heterocycles. The van der Waals surface area contributed by atoms with Crippen LogP contribution in [0, 0.1) is 0 Å². The molecule has 0 radical (unpaired) electrons. The summed E-state index contributed by atoms with van der Waals surface area (Å²) < 4.78 is 0. The zero-order valence-electron chi connectivity index (χ0n) is 21.6. The number of aliphatic hydroxyl groups excluding tert-OH is 4. The van der Waals surface area contributed by atoms with Gasteiger partial charge in [0.15, 0.2) is 0 Å². The Morgan fingerprint density at radius 2 is 0.364 bits per heavy atom. The van der Waals surface area contributed by atoms with Crippen molar-refractivity contribution < 1.29 is 46.6 Å². The Labute approximate surface area is 224 Å². The monoisotopic (exact) mass is 546 g/mol. The first kappa shape index (κ1) is 33.7. The van der Waals surface area contributed by atoms with Crippen molar-refractivity contribution in [2.45, 2.75) is 179 Å². The number of hydrogen-bond acceptors (Lipinski definition) is 4. The molecule has 4 saturated carbocycles. The predicted molar refractivity (Wildman–Crippen MR) is 135 cm³/mol. The van der Waals surface area contributed by atoms with E-state index in [4.69, 9.17) is 20.4 Å². The van der Waals surface area contributed by atoms with Crippen molar-refractivity contribution in [1.82, 2.24) is 0 Å². The number of aliphatic hydroxyl groups is 4. The molecule has 0 bridgehead atoms. The van der Waals surface area contributed by atoms with Crippen molar-refractivity contribution in [3.8, 4) is 0 Å². The molecular weight excluding hydrogens is 492 g/mol. The Balaban J connectivity index is 0.000000410. The summed E-state index contributed by atoms with van der Waals surface area (Å²) in [6, 6.07) is 0. The Morgan fingerprint density at radius 1 is 0.242 bits per heavy atom. The molecule has 0 saturated heterocycles. The molecule has 0 atom stereocenters. The van der Waals surface area contributed by atoms with E-state index < -0.39 is 0 Å². The average molecular weight is 548 g/mol. The maximum Gasteiger partial charge on any atom is 0.0540 e. The standard InChI is InChI=1S/4C7H14O.Zr/c4*8-7-5-3-1-2-4-6-7;/h4*7-8H,1-6H2;. The molecule has 5 heteroatoms. The van der Waals surface area contributed by atoms with E-state index in [9.17, 15) is 0 Å². The molecule has 0 aromatic rings. The van der Waals surface area contributed by atoms with Gasteiger partial charge in [-0.3, -0.25) is 0 Å². The molecule has 4 nitrogen and oxygen atoms in total. The summed E-state index contributed by atoms with van der Waals surface area (Å²) in [5.74, 6) is 0. The Hall–Kier alpha value is 0.723. The summed E-state index contributed by atoms with van der Waals surface area (Å²) in [7, 11) is 0. The summed E-state index contributed by atoms with van der Waals surface area (Å²) in [4.78, 5) is 0. The van der Waals surface area contributed by atoms with Crippen LogP contribution in [0.2, 0.25) is 0 Å². The zero-order chi connectivity index (χ0) is 23.3. The molecular formula is C28H56O4Zr. The molecule has 4 aliphatic carbocycles. The summed E-state index contributed by atoms with van der Waals surface area (Å²) in [6.45, 7) is 0. The zero-order valence-corrected chi connectivity index (χ0v) is 24.0. The van der Waals surface area contributed by atoms with Crippen LogP contribution in [0.15, 0.2) is 0 Å². The van der Waals surface area contributed by atoms with E-state index in [1.807, 2.05) is 0 Å². The fourth-order valence-electron chi connectivity index (χ4n) is 5.03. The SMILES string of the molecule is OC1CCCCCC1.OC1CCCCCC1.OC1CCCCCC1.OC1CCCCCC1.[Zr]. The maximum absolute atomic E-state index is 9.09. The van der Waals surface area contributed by atoms with E-state index in [2.05, 4.69) is 0 Å². The van der Waals surface area contributed by atoms with Gasteiger partial charge in [0.1, 0.15) is 0 Å². The van der Waals surface area contributed by atoms with Crippen molar-refractivity contribution in [3.05, 3.63) is 0 Å². The molecule has 4 rings (SSSR count). The smallest absolute Gasteiger partial charge is 0.0540 e. The first-order chi connectivity index (χ1) is 15.6. The van der Waals surface area contributed by atoms with Crippen LogP contribution in [0.1, 0.15) is 154 Å². The van der Waals surface area contributed by atoms with Gasteiger partial charge in [-0.2, -0.15) is 0 Å². The van der Waals surface area contributed by atoms with Crippen molar-refractivity contribution >= 4 is 0 Å². The molecule has 33 heavy (non-hydrogen) atoms. The van der Waals surface area contributed by atoms with Crippen molar-refractivity contribution in [3.63, 3.8) is 0 Å². The van der Waals surface area contributed by atoms with E-state index in [1.54, 1.807) is 0 Å². The van der Waals surface area contributed by atoms with Gasteiger partial charge >= 0.3 is 0 Å². The molecule has 196 valence electrons. The average Bonchev–Trinajstić information content (AvgIpc) is 3.35. The minimum Gasteiger partial charge on any atom is -0.393 e. The molecule has 0 aromatic heterocycles. The fraction of sp³-hybridized carbons (Fsp3) is 1.00. The van der Waals surface area contributed by atoms with E-state index in [0.717, 1.165) is 51.4 Å². The van der Waals surface area contributed by atoms with Crippen LogP contribution < -0.4 is 0 Å². The van der Waals surface area contributed by atoms with Crippen LogP contribution in [0.3, 0.4) is 0 Å². The van der Waals surface area contributed by atoms with Gasteiger partial charge in [0.2, 0.25) is 0 Å². The molecule has 4 N–H and O–H groups in total. The number of hydrogen-bond donors (Lipinski definition) is 4. The number of rotatable bonds is 0. The van der Waals surface area contributed by atoms with Crippen molar-refractivity contribution in [1.29, 1.82) is 0 Å². The van der Waals surface area contributed by atoms with Crippen LogP contribution >= 0.6 is 0 Å². The predicted octanol–water partition coefficient (Wildman–Crippen LogP) is 6.80. The van der Waals surface area contributed by atoms with E-state index in [0.29, 0.717) is 0 Å². The minimum atomic E-state index is 0. The van der Waals surface area contributed by atoms with E-state index in [-0.39, 0.29) is 50.6 Å². The third-order valence-electron chi connectivity index (χ3n) is 7.30. The third-order valence-corrected chi connectivity index (χ3v) is 7.30. The quantitative estimate of drug-likeness (QED) is 0.251. The van der Waals surface area contributed by atoms with Gasteiger partial charge in [-0.25, -0.2) is 0 Å². The van der Waals surface area contributed by atoms with Crippen LogP contribution in [0.5, 0.6) is 0 Å². The topological polar surface area (TPSA) is 80.9 Å². The van der Waals surface area contributed by atoms with Crippen LogP contribution in [-0.4, -0.2) is 44.8 Å². The van der Waals surface area contributed by atoms with Gasteiger partial charge in [-0.05, 0) is 51.4 Å². The summed E-state index contributed by atoms with van der Waals surface area (Å²) in [6.07, 6.45) is 29.0. The molecule has 0 unspecified atom stereocenters. The first-order valence-electron chi connectivity index (χ1n) is 14.3. The van der Waals surface area contributed by atoms with Crippen molar-refractivity contribution in [2.24, 2.45) is 0 Å². The summed E-state index contributed by atoms with van der Waals surface area (Å²) in [5, 5.41) is 36.4. The Kier molecular flexibility index (Phi) is 25.0. The first-order valence-corrected chi connectivity index (χ1v) is 14.3. The second-order valence-electron chi connectivity index (χ2n) is 10.6. The van der Waals surface area contributed by atoms with Crippen LogP contribution in [0.4, 0.5) is 0 Å². The van der Waals surface area contributed by atoms with Crippen molar-refractivity contribution in [2.75, 3.05) is 0 Å². The van der Waals surface area contributed by atoms with Crippen LogP contribution in [0.25, 0.3) is 0 Å². The molecule has 4 fully saturated rings. The van der Waals surface area contributed by atoms with Gasteiger partial charge in [-0.15, -0.1) is 0 Å². The Bertz CT molecular complexity index is 292. The van der Waals surface area contributed by atoms with E-state index >= 15 is 0 Å². The minimum absolute atomic E-state index is 0. The fourth-order valence-corrected chi connectivity index (χ4v) is 5.03. The molecule has 0 aromatic carbocycles. The maximum atomic E-state index is 9.09. The molecule has 0 amide bonds. The second-order valence-corrected chi connectivity index (χ2v) is 10.6. The summed E-state index contributed by atoms with van der Waals surface area (Å²) in [5.41, 5.74) is 0. The third kappa shape index (κ3) is 22.9. The normalized spacial score (nSPS) is 24.4. The van der Waals surface area contributed by atoms with Gasteiger partial charge < -0.3 is 20.4 Å². The summed E-state index contributed by atoms with van der Waals surface area (Å²) >= 11 is 0. The Morgan fingerprint density at radius 3 is 0.485 bits per heavy atom. The van der Waals surface area contributed by atoms with Gasteiger partial charge in [0, 0.05) is 26.2 Å². The van der Waals surface area contributed by atoms with E-state index in [1.165, 1.54) is 103 Å². The van der Waals surface area contributed by atoms with Gasteiger partial charge in [0.25, 0.3) is 0 Å². The van der Waals surface area contributed by atoms with Gasteiger partial charge in [0.05, 0.1) is 24.4 Å². The largest absolute Gasteiger partial charge is 0.393 e.